The molecule has 0 unspecified atom stereocenters. The van der Waals surface area contributed by atoms with Gasteiger partial charge in [0.25, 0.3) is 0 Å². The number of benzene rings is 2. The lowest BCUT2D eigenvalue weighted by atomic mass is 9.94. The van der Waals surface area contributed by atoms with Crippen LogP contribution < -0.4 is 15.4 Å². The fourth-order valence-electron chi connectivity index (χ4n) is 4.60. The van der Waals surface area contributed by atoms with E-state index in [9.17, 15) is 9.59 Å². The molecule has 0 radical (unpaired) electrons. The number of carbonyl (C=O) groups is 2. The average molecular weight is 518 g/mol. The third-order valence-corrected chi connectivity index (χ3v) is 6.85. The zero-order valence-electron chi connectivity index (χ0n) is 21.1. The molecule has 1 saturated carbocycles. The molecule has 4 aromatic rings. The zero-order chi connectivity index (χ0) is 26.4. The second kappa shape index (κ2) is 9.19. The molecule has 2 aromatic carbocycles. The number of carbonyl (C=O) groups excluding carboxylic acids is 2. The summed E-state index contributed by atoms with van der Waals surface area (Å²) < 4.78 is 5.92. The molecule has 190 valence electrons. The monoisotopic (exact) mass is 517 g/mol. The molecular weight excluding hydrogens is 490 g/mol. The van der Waals surface area contributed by atoms with E-state index < -0.39 is 5.54 Å². The highest BCUT2D eigenvalue weighted by molar-refractivity contribution is 6.33. The van der Waals surface area contributed by atoms with Gasteiger partial charge in [-0.15, -0.1) is 0 Å². The summed E-state index contributed by atoms with van der Waals surface area (Å²) in [6.45, 7) is 6.92. The second-order valence-corrected chi connectivity index (χ2v) is 10.4. The van der Waals surface area contributed by atoms with Crippen LogP contribution in [0.15, 0.2) is 54.6 Å². The predicted octanol–water partition coefficient (Wildman–Crippen LogP) is 5.57. The Kier molecular flexibility index (Phi) is 6.15. The van der Waals surface area contributed by atoms with Crippen molar-refractivity contribution in [2.24, 2.45) is 0 Å². The number of amides is 2. The Balaban J connectivity index is 1.35. The molecule has 0 spiro atoms. The van der Waals surface area contributed by atoms with E-state index in [2.05, 4.69) is 25.6 Å². The van der Waals surface area contributed by atoms with Gasteiger partial charge in [0.05, 0.1) is 27.3 Å². The molecular formula is C28H28ClN5O3. The van der Waals surface area contributed by atoms with Crippen LogP contribution in [0.1, 0.15) is 51.7 Å². The molecule has 2 heterocycles. The Morgan fingerprint density at radius 1 is 1.00 bits per heavy atom. The molecule has 37 heavy (non-hydrogen) atoms. The van der Waals surface area contributed by atoms with Crippen LogP contribution in [0.3, 0.4) is 0 Å². The van der Waals surface area contributed by atoms with Gasteiger partial charge >= 0.3 is 6.01 Å². The number of imidazole rings is 1. The highest BCUT2D eigenvalue weighted by Gasteiger charge is 2.45. The summed E-state index contributed by atoms with van der Waals surface area (Å²) in [6.07, 6.45) is 1.87. The van der Waals surface area contributed by atoms with Crippen LogP contribution in [0.2, 0.25) is 5.02 Å². The number of nitrogens with one attached hydrogen (secondary N) is 3. The summed E-state index contributed by atoms with van der Waals surface area (Å²) in [6, 6.07) is 17.5. The molecule has 1 aliphatic carbocycles. The van der Waals surface area contributed by atoms with Crippen molar-refractivity contribution in [3.63, 3.8) is 0 Å². The van der Waals surface area contributed by atoms with E-state index in [4.69, 9.17) is 16.3 Å². The third kappa shape index (κ3) is 5.15. The SMILES string of the molecule is CC(=O)NC(C)(C)c1ccc(Oc2nc3nc(-c4ccc(C5(NC(C)=O)CC5)cc4)c(Cl)cc3[nH]2)cc1. The minimum atomic E-state index is -0.498. The Hall–Kier alpha value is -3.91. The van der Waals surface area contributed by atoms with E-state index in [1.54, 1.807) is 13.0 Å². The summed E-state index contributed by atoms with van der Waals surface area (Å²) in [5, 5.41) is 6.48. The smallest absolute Gasteiger partial charge is 0.301 e. The number of aromatic amines is 1. The maximum absolute atomic E-state index is 11.6. The van der Waals surface area contributed by atoms with E-state index in [0.717, 1.165) is 29.5 Å². The highest BCUT2D eigenvalue weighted by Crippen LogP contribution is 2.46. The number of rotatable bonds is 7. The van der Waals surface area contributed by atoms with Crippen molar-refractivity contribution in [2.75, 3.05) is 0 Å². The van der Waals surface area contributed by atoms with Crippen molar-refractivity contribution >= 4 is 34.6 Å². The Bertz CT molecular complexity index is 1490. The molecule has 9 heteroatoms. The number of ether oxygens (including phenoxy) is 1. The van der Waals surface area contributed by atoms with Gasteiger partial charge in [-0.1, -0.05) is 48.0 Å². The average Bonchev–Trinajstić information content (AvgIpc) is 3.49. The lowest BCUT2D eigenvalue weighted by Crippen LogP contribution is -2.39. The van der Waals surface area contributed by atoms with Gasteiger partial charge in [0, 0.05) is 19.4 Å². The second-order valence-electron chi connectivity index (χ2n) is 10.0. The van der Waals surface area contributed by atoms with Gasteiger partial charge in [-0.25, -0.2) is 4.98 Å². The Morgan fingerprint density at radius 2 is 1.68 bits per heavy atom. The van der Waals surface area contributed by atoms with E-state index in [1.165, 1.54) is 6.92 Å². The van der Waals surface area contributed by atoms with Gasteiger partial charge in [-0.2, -0.15) is 4.98 Å². The predicted molar refractivity (Wildman–Crippen MR) is 142 cm³/mol. The van der Waals surface area contributed by atoms with Crippen LogP contribution in [0.25, 0.3) is 22.4 Å². The third-order valence-electron chi connectivity index (χ3n) is 6.56. The van der Waals surface area contributed by atoms with E-state index >= 15 is 0 Å². The van der Waals surface area contributed by atoms with Crippen molar-refractivity contribution < 1.29 is 14.3 Å². The number of aromatic nitrogens is 3. The normalized spacial score (nSPS) is 14.3. The summed E-state index contributed by atoms with van der Waals surface area (Å²) in [5.74, 6) is 0.473. The number of H-pyrrole nitrogens is 1. The number of fused-ring (bicyclic) bond motifs is 1. The van der Waals surface area contributed by atoms with Gasteiger partial charge in [-0.3, -0.25) is 9.59 Å². The van der Waals surface area contributed by atoms with Gasteiger partial charge < -0.3 is 20.4 Å². The number of nitrogens with zero attached hydrogens (tertiary/aromatic N) is 2. The Morgan fingerprint density at radius 3 is 2.27 bits per heavy atom. The van der Waals surface area contributed by atoms with Crippen LogP contribution >= 0.6 is 11.6 Å². The number of hydrogen-bond donors (Lipinski definition) is 3. The molecule has 0 saturated heterocycles. The van der Waals surface area contributed by atoms with Crippen LogP contribution in [-0.2, 0) is 20.7 Å². The first-order valence-electron chi connectivity index (χ1n) is 12.1. The standard InChI is InChI=1S/C28H28ClN5O3/c1-16(35)33-27(3,4)19-9-11-21(12-10-19)37-26-30-23-15-22(29)24(31-25(23)32-26)18-5-7-20(8-6-18)28(13-14-28)34-17(2)36/h5-12,15H,13-14H2,1-4H3,(H,33,35)(H,34,36)(H,30,31,32). The van der Waals surface area contributed by atoms with Crippen molar-refractivity contribution in [2.45, 2.75) is 51.6 Å². The lowest BCUT2D eigenvalue weighted by Gasteiger charge is -2.26. The van der Waals surface area contributed by atoms with Crippen LogP contribution in [-0.4, -0.2) is 26.8 Å². The fraction of sp³-hybridized carbons (Fsp3) is 0.286. The topological polar surface area (TPSA) is 109 Å². The van der Waals surface area contributed by atoms with Gasteiger partial charge in [-0.05, 0) is 56.0 Å². The first kappa shape index (κ1) is 24.8. The van der Waals surface area contributed by atoms with E-state index in [-0.39, 0.29) is 17.4 Å². The first-order chi connectivity index (χ1) is 17.5. The largest absolute Gasteiger partial charge is 0.426 e. The quantitative estimate of drug-likeness (QED) is 0.297. The summed E-state index contributed by atoms with van der Waals surface area (Å²) in [5.41, 5.74) is 3.90. The molecule has 1 fully saturated rings. The van der Waals surface area contributed by atoms with E-state index in [1.807, 2.05) is 62.4 Å². The van der Waals surface area contributed by atoms with Crippen LogP contribution in [0.5, 0.6) is 11.8 Å². The van der Waals surface area contributed by atoms with Crippen molar-refractivity contribution in [3.8, 4) is 23.0 Å². The maximum Gasteiger partial charge on any atom is 0.301 e. The minimum Gasteiger partial charge on any atom is -0.426 e. The number of pyridine rings is 1. The fourth-order valence-corrected chi connectivity index (χ4v) is 4.87. The molecule has 2 aromatic heterocycles. The molecule has 2 amide bonds. The zero-order valence-corrected chi connectivity index (χ0v) is 21.9. The molecule has 0 bridgehead atoms. The number of halogens is 1. The van der Waals surface area contributed by atoms with Crippen molar-refractivity contribution in [1.29, 1.82) is 0 Å². The highest BCUT2D eigenvalue weighted by atomic mass is 35.5. The molecule has 0 aliphatic heterocycles. The number of hydrogen-bond acceptors (Lipinski definition) is 5. The summed E-state index contributed by atoms with van der Waals surface area (Å²) in [4.78, 5) is 35.3. The van der Waals surface area contributed by atoms with Crippen molar-refractivity contribution in [3.05, 3.63) is 70.7 Å². The molecule has 0 atom stereocenters. The molecule has 5 rings (SSSR count). The molecule has 1 aliphatic rings. The van der Waals surface area contributed by atoms with Gasteiger partial charge in [0.15, 0.2) is 5.65 Å². The van der Waals surface area contributed by atoms with Gasteiger partial charge in [0.2, 0.25) is 11.8 Å². The Labute approximate surface area is 219 Å². The maximum atomic E-state index is 11.6. The molecule has 8 nitrogen and oxygen atoms in total. The van der Waals surface area contributed by atoms with Crippen molar-refractivity contribution in [1.82, 2.24) is 25.6 Å². The minimum absolute atomic E-state index is 0.0296. The van der Waals surface area contributed by atoms with Gasteiger partial charge in [0.1, 0.15) is 5.75 Å². The van der Waals surface area contributed by atoms with Crippen LogP contribution in [0, 0.1) is 0 Å². The van der Waals surface area contributed by atoms with E-state index in [0.29, 0.717) is 33.6 Å². The summed E-state index contributed by atoms with van der Waals surface area (Å²) >= 11 is 6.58. The first-order valence-corrected chi connectivity index (χ1v) is 12.5. The van der Waals surface area contributed by atoms with Crippen LogP contribution in [0.4, 0.5) is 0 Å². The molecule has 3 N–H and O–H groups in total. The summed E-state index contributed by atoms with van der Waals surface area (Å²) in [7, 11) is 0. The lowest BCUT2D eigenvalue weighted by molar-refractivity contribution is -0.121.